The summed E-state index contributed by atoms with van der Waals surface area (Å²) in [5.74, 6) is -2.04. The van der Waals surface area contributed by atoms with Crippen LogP contribution in [0.4, 0.5) is 0 Å². The molecule has 0 bridgehead atoms. The van der Waals surface area contributed by atoms with Crippen LogP contribution in [0.5, 0.6) is 0 Å². The molecule has 0 saturated heterocycles. The molecule has 0 rings (SSSR count). The van der Waals surface area contributed by atoms with Crippen molar-refractivity contribution in [3.63, 3.8) is 0 Å². The second kappa shape index (κ2) is 28.7. The molecule has 0 aliphatic rings. The first-order valence-corrected chi connectivity index (χ1v) is 9.52. The van der Waals surface area contributed by atoms with Gasteiger partial charge in [0, 0.05) is 48.2 Å². The second-order valence-corrected chi connectivity index (χ2v) is 5.52. The normalized spacial score (nSPS) is 9.76. The van der Waals surface area contributed by atoms with E-state index in [0.29, 0.717) is 12.2 Å². The Morgan fingerprint density at radius 1 is 0.765 bits per heavy atom. The maximum Gasteiger partial charge on any atom is 0.344 e. The number of aliphatic hydroxyl groups is 1. The summed E-state index contributed by atoms with van der Waals surface area (Å²) in [5, 5.41) is 7.00. The number of carbonyl (C=O) groups excluding carboxylic acids is 4. The summed E-state index contributed by atoms with van der Waals surface area (Å²) in [7, 11) is 9.47. The topological polar surface area (TPSA) is 175 Å². The van der Waals surface area contributed by atoms with E-state index in [4.69, 9.17) is 24.1 Å². The van der Waals surface area contributed by atoms with E-state index in [0.717, 1.165) is 7.11 Å². The van der Waals surface area contributed by atoms with Crippen molar-refractivity contribution in [3.05, 3.63) is 11.3 Å². The molecule has 12 heteroatoms. The highest BCUT2D eigenvalue weighted by atomic mass is 16.9. The molecule has 0 aromatic carbocycles. The van der Waals surface area contributed by atoms with Gasteiger partial charge in [0.15, 0.2) is 5.78 Å². The van der Waals surface area contributed by atoms with Crippen molar-refractivity contribution >= 4 is 23.5 Å². The third-order valence-corrected chi connectivity index (χ3v) is 3.72. The van der Waals surface area contributed by atoms with Crippen molar-refractivity contribution in [1.82, 2.24) is 0 Å². The molecular formula is C22H46O12. The Morgan fingerprint density at radius 3 is 1.38 bits per heavy atom. The smallest absolute Gasteiger partial charge is 0.344 e. The van der Waals surface area contributed by atoms with Crippen LogP contribution in [0, 0.1) is 0 Å². The Labute approximate surface area is 203 Å². The average Bonchev–Trinajstić information content (AvgIpc) is 2.84. The van der Waals surface area contributed by atoms with Gasteiger partial charge in [0.25, 0.3) is 5.97 Å². The molecule has 0 amide bonds. The van der Waals surface area contributed by atoms with Crippen LogP contribution in [-0.2, 0) is 47.6 Å². The minimum Gasteiger partial charge on any atom is -0.500 e. The third-order valence-electron chi connectivity index (χ3n) is 3.72. The molecule has 0 aliphatic carbocycles. The molecular weight excluding hydrogens is 456 g/mol. The van der Waals surface area contributed by atoms with Gasteiger partial charge in [-0.25, -0.2) is 4.79 Å². The summed E-state index contributed by atoms with van der Waals surface area (Å²) in [4.78, 5) is 43.2. The van der Waals surface area contributed by atoms with Crippen molar-refractivity contribution in [2.24, 2.45) is 0 Å². The number of carbonyl (C=O) groups is 4. The summed E-state index contributed by atoms with van der Waals surface area (Å²) in [6.07, 6.45) is 0.563. The summed E-state index contributed by atoms with van der Waals surface area (Å²) in [5.41, 5.74) is -0.00694. The van der Waals surface area contributed by atoms with Gasteiger partial charge in [0.1, 0.15) is 23.5 Å². The van der Waals surface area contributed by atoms with Crippen molar-refractivity contribution in [3.8, 4) is 0 Å². The van der Waals surface area contributed by atoms with Crippen LogP contribution in [0.3, 0.4) is 0 Å². The maximum atomic E-state index is 11.3. The molecule has 0 radical (unpaired) electrons. The van der Waals surface area contributed by atoms with Crippen LogP contribution in [0.2, 0.25) is 0 Å². The highest BCUT2D eigenvalue weighted by Gasteiger charge is 2.21. The fourth-order valence-electron chi connectivity index (χ4n) is 1.44. The fraction of sp³-hybridized carbons (Fsp3) is 0.727. The van der Waals surface area contributed by atoms with Gasteiger partial charge in [-0.2, -0.15) is 0 Å². The van der Waals surface area contributed by atoms with E-state index in [1.165, 1.54) is 42.7 Å². The zero-order valence-corrected chi connectivity index (χ0v) is 21.7. The standard InChI is InChI=1S/C9H14O4.C6H10O3.C5H12O3.CH4O.CH4.H2O/c1-5-7(10)8(6(2)12-3)9(11)13-4;1-3-5(7)4-6(8)9-2;1-5(6-2,7-3)8-4;1-2;;/h5H2,1-4H3;3-4H2,1-2H3;1-4H3;2H,1H3;1H4;1H2. The van der Waals surface area contributed by atoms with E-state index in [1.54, 1.807) is 27.7 Å². The van der Waals surface area contributed by atoms with Crippen LogP contribution in [0.15, 0.2) is 11.3 Å². The highest BCUT2D eigenvalue weighted by Crippen LogP contribution is 2.10. The van der Waals surface area contributed by atoms with Gasteiger partial charge in [-0.15, -0.1) is 0 Å². The Bertz CT molecular complexity index is 526. The molecule has 0 aromatic rings. The van der Waals surface area contributed by atoms with Crippen LogP contribution in [0.25, 0.3) is 0 Å². The van der Waals surface area contributed by atoms with E-state index in [2.05, 4.69) is 9.47 Å². The van der Waals surface area contributed by atoms with Crippen molar-refractivity contribution in [2.75, 3.05) is 49.8 Å². The highest BCUT2D eigenvalue weighted by molar-refractivity contribution is 6.17. The monoisotopic (exact) mass is 502 g/mol. The summed E-state index contributed by atoms with van der Waals surface area (Å²) >= 11 is 0. The number of hydrogen-bond acceptors (Lipinski definition) is 11. The van der Waals surface area contributed by atoms with Gasteiger partial charge in [-0.05, 0) is 6.92 Å². The minimum atomic E-state index is -0.875. The zero-order chi connectivity index (χ0) is 26.3. The second-order valence-electron chi connectivity index (χ2n) is 5.52. The lowest BCUT2D eigenvalue weighted by atomic mass is 10.1. The van der Waals surface area contributed by atoms with E-state index in [9.17, 15) is 19.2 Å². The van der Waals surface area contributed by atoms with Gasteiger partial charge < -0.3 is 39.0 Å². The van der Waals surface area contributed by atoms with Crippen molar-refractivity contribution in [1.29, 1.82) is 0 Å². The predicted molar refractivity (Wildman–Crippen MR) is 127 cm³/mol. The summed E-state index contributed by atoms with van der Waals surface area (Å²) in [6.45, 7) is 6.63. The van der Waals surface area contributed by atoms with Crippen LogP contribution in [0.1, 0.15) is 54.4 Å². The van der Waals surface area contributed by atoms with E-state index < -0.39 is 17.9 Å². The lowest BCUT2D eigenvalue weighted by molar-refractivity contribution is -0.340. The number of ketones is 2. The van der Waals surface area contributed by atoms with E-state index in [1.807, 2.05) is 0 Å². The number of rotatable bonds is 10. The number of methoxy groups -OCH3 is 6. The Morgan fingerprint density at radius 2 is 1.18 bits per heavy atom. The Kier molecular flexibility index (Phi) is 38.1. The van der Waals surface area contributed by atoms with Gasteiger partial charge in [0.2, 0.25) is 0 Å². The lowest BCUT2D eigenvalue weighted by Gasteiger charge is -2.23. The van der Waals surface area contributed by atoms with E-state index >= 15 is 0 Å². The third kappa shape index (κ3) is 22.8. The predicted octanol–water partition coefficient (Wildman–Crippen LogP) is 1.61. The molecule has 206 valence electrons. The number of ether oxygens (including phenoxy) is 6. The average molecular weight is 503 g/mol. The molecule has 12 nitrogen and oxygen atoms in total. The molecule has 0 aliphatic heterocycles. The molecule has 0 unspecified atom stereocenters. The number of esters is 2. The molecule has 0 spiro atoms. The first-order valence-electron chi connectivity index (χ1n) is 9.52. The van der Waals surface area contributed by atoms with Crippen molar-refractivity contribution < 1.29 is 58.2 Å². The Balaban J connectivity index is -0.0000000834. The minimum absolute atomic E-state index is 0. The van der Waals surface area contributed by atoms with Crippen molar-refractivity contribution in [2.45, 2.75) is 60.4 Å². The van der Waals surface area contributed by atoms with Gasteiger partial charge >= 0.3 is 11.9 Å². The number of Topliss-reactive ketones (excluding diaryl/α,β-unsaturated/α-hetero) is 2. The maximum absolute atomic E-state index is 11.3. The largest absolute Gasteiger partial charge is 0.500 e. The summed E-state index contributed by atoms with van der Waals surface area (Å²) in [6, 6.07) is 0. The number of aliphatic hydroxyl groups excluding tert-OH is 1. The molecule has 34 heavy (non-hydrogen) atoms. The van der Waals surface area contributed by atoms with Gasteiger partial charge in [-0.1, -0.05) is 21.3 Å². The number of hydrogen-bond donors (Lipinski definition) is 1. The van der Waals surface area contributed by atoms with Gasteiger partial charge in [0.05, 0.1) is 21.3 Å². The molecule has 0 aromatic heterocycles. The van der Waals surface area contributed by atoms with Crippen LogP contribution in [-0.4, -0.2) is 89.8 Å². The molecule has 0 atom stereocenters. The van der Waals surface area contributed by atoms with E-state index in [-0.39, 0.29) is 42.9 Å². The van der Waals surface area contributed by atoms with Crippen LogP contribution < -0.4 is 0 Å². The molecule has 0 fully saturated rings. The SMILES string of the molecule is C.CCC(=O)C(C(=O)OC)=C(C)OC.CCC(=O)CC(=O)OC.CO.COC(C)(OC)OC.O. The van der Waals surface area contributed by atoms with Crippen LogP contribution >= 0.6 is 0 Å². The van der Waals surface area contributed by atoms with Gasteiger partial charge in [-0.3, -0.25) is 14.4 Å². The molecule has 0 saturated carbocycles. The fourth-order valence-corrected chi connectivity index (χ4v) is 1.44. The lowest BCUT2D eigenvalue weighted by Crippen LogP contribution is -2.31. The first kappa shape index (κ1) is 45.2. The molecule has 0 heterocycles. The quantitative estimate of drug-likeness (QED) is 0.115. The molecule has 3 N–H and O–H groups in total. The number of allylic oxidation sites excluding steroid dienone is 1. The Hall–Kier alpha value is -2.38. The zero-order valence-electron chi connectivity index (χ0n) is 21.7. The summed E-state index contributed by atoms with van der Waals surface area (Å²) < 4.78 is 27.9. The first-order chi connectivity index (χ1) is 15.0.